The minimum atomic E-state index is -0.293. The second kappa shape index (κ2) is 10.2. The van der Waals surface area contributed by atoms with Crippen LogP contribution in [0.5, 0.6) is 5.88 Å². The smallest absolute Gasteiger partial charge is 0.233 e. The van der Waals surface area contributed by atoms with E-state index in [-0.39, 0.29) is 11.7 Å². The molecule has 5 nitrogen and oxygen atoms in total. The third kappa shape index (κ3) is 6.16. The summed E-state index contributed by atoms with van der Waals surface area (Å²) in [7, 11) is 0. The van der Waals surface area contributed by atoms with Crippen molar-refractivity contribution in [3.05, 3.63) is 78.1 Å². The van der Waals surface area contributed by atoms with Crippen molar-refractivity contribution in [2.24, 2.45) is 0 Å². The number of benzene rings is 2. The zero-order chi connectivity index (χ0) is 19.6. The number of ether oxygens (including phenoxy) is 1. The van der Waals surface area contributed by atoms with Crippen LogP contribution in [-0.4, -0.2) is 29.3 Å². The first-order chi connectivity index (χ1) is 13.7. The van der Waals surface area contributed by atoms with Crippen molar-refractivity contribution in [1.29, 1.82) is 0 Å². The van der Waals surface area contributed by atoms with Gasteiger partial charge in [0.15, 0.2) is 0 Å². The van der Waals surface area contributed by atoms with Crippen LogP contribution >= 0.6 is 0 Å². The maximum Gasteiger partial charge on any atom is 0.233 e. The molecular weight excluding hydrogens is 357 g/mol. The van der Waals surface area contributed by atoms with Gasteiger partial charge in [-0.1, -0.05) is 30.3 Å². The molecule has 28 heavy (non-hydrogen) atoms. The highest BCUT2D eigenvalue weighted by Gasteiger charge is 2.04. The summed E-state index contributed by atoms with van der Waals surface area (Å²) in [6, 6.07) is 19.6. The summed E-state index contributed by atoms with van der Waals surface area (Å²) >= 11 is 0. The van der Waals surface area contributed by atoms with Gasteiger partial charge in [-0.2, -0.15) is 0 Å². The molecule has 0 saturated heterocycles. The minimum Gasteiger partial charge on any atom is -0.475 e. The van der Waals surface area contributed by atoms with E-state index in [4.69, 9.17) is 4.74 Å². The predicted molar refractivity (Wildman–Crippen MR) is 105 cm³/mol. The van der Waals surface area contributed by atoms with Gasteiger partial charge < -0.3 is 10.1 Å². The van der Waals surface area contributed by atoms with Gasteiger partial charge in [0.1, 0.15) is 12.4 Å². The average Bonchev–Trinajstić information content (AvgIpc) is 2.73. The van der Waals surface area contributed by atoms with Gasteiger partial charge in [0, 0.05) is 18.1 Å². The molecule has 0 bridgehead atoms. The van der Waals surface area contributed by atoms with Gasteiger partial charge in [-0.15, -0.1) is 10.2 Å². The fourth-order valence-electron chi connectivity index (χ4n) is 2.70. The number of carbonyl (C=O) groups excluding carboxylic acids is 1. The first kappa shape index (κ1) is 19.5. The van der Waals surface area contributed by atoms with Gasteiger partial charge in [0.05, 0.1) is 12.2 Å². The van der Waals surface area contributed by atoms with Crippen molar-refractivity contribution >= 4 is 5.91 Å². The lowest BCUT2D eigenvalue weighted by Gasteiger charge is -2.07. The topological polar surface area (TPSA) is 64.1 Å². The third-order valence-corrected chi connectivity index (χ3v) is 4.17. The number of carbonyl (C=O) groups is 1. The number of halogens is 1. The molecule has 3 aromatic rings. The summed E-state index contributed by atoms with van der Waals surface area (Å²) in [5.41, 5.74) is 2.66. The standard InChI is InChI=1S/C22H22FN3O2/c23-19-11-9-18(10-12-19)20-13-14-22(26-25-20)28-16-15-24-21(27)8-4-7-17-5-2-1-3-6-17/h1-3,5-6,9-14H,4,7-8,15-16H2,(H,24,27). The molecule has 6 heteroatoms. The molecule has 0 atom stereocenters. The molecule has 2 aromatic carbocycles. The number of aromatic nitrogens is 2. The number of amides is 1. The Balaban J connectivity index is 1.33. The zero-order valence-electron chi connectivity index (χ0n) is 15.5. The van der Waals surface area contributed by atoms with Gasteiger partial charge in [-0.3, -0.25) is 4.79 Å². The first-order valence-corrected chi connectivity index (χ1v) is 9.24. The molecule has 0 saturated carbocycles. The molecule has 3 rings (SSSR count). The lowest BCUT2D eigenvalue weighted by molar-refractivity contribution is -0.121. The molecule has 0 aliphatic carbocycles. The van der Waals surface area contributed by atoms with E-state index in [1.165, 1.54) is 17.7 Å². The van der Waals surface area contributed by atoms with Gasteiger partial charge in [0.25, 0.3) is 0 Å². The molecule has 0 unspecified atom stereocenters. The van der Waals surface area contributed by atoms with Crippen molar-refractivity contribution in [1.82, 2.24) is 15.5 Å². The number of hydrogen-bond donors (Lipinski definition) is 1. The quantitative estimate of drug-likeness (QED) is 0.575. The van der Waals surface area contributed by atoms with E-state index in [2.05, 4.69) is 27.6 Å². The van der Waals surface area contributed by atoms with E-state index in [1.807, 2.05) is 18.2 Å². The molecule has 1 amide bonds. The average molecular weight is 379 g/mol. The van der Waals surface area contributed by atoms with Crippen LogP contribution in [0.25, 0.3) is 11.3 Å². The van der Waals surface area contributed by atoms with E-state index in [0.29, 0.717) is 31.1 Å². The highest BCUT2D eigenvalue weighted by molar-refractivity contribution is 5.75. The van der Waals surface area contributed by atoms with Crippen molar-refractivity contribution in [2.45, 2.75) is 19.3 Å². The molecule has 1 aromatic heterocycles. The Hall–Kier alpha value is -3.28. The highest BCUT2D eigenvalue weighted by Crippen LogP contribution is 2.18. The largest absolute Gasteiger partial charge is 0.475 e. The molecule has 0 aliphatic rings. The fraction of sp³-hybridized carbons (Fsp3) is 0.227. The van der Waals surface area contributed by atoms with Gasteiger partial charge >= 0.3 is 0 Å². The monoisotopic (exact) mass is 379 g/mol. The van der Waals surface area contributed by atoms with E-state index < -0.39 is 0 Å². The Morgan fingerprint density at radius 1 is 0.964 bits per heavy atom. The van der Waals surface area contributed by atoms with Crippen molar-refractivity contribution in [3.8, 4) is 17.1 Å². The normalized spacial score (nSPS) is 10.5. The number of rotatable bonds is 9. The Morgan fingerprint density at radius 3 is 2.46 bits per heavy atom. The third-order valence-electron chi connectivity index (χ3n) is 4.17. The predicted octanol–water partition coefficient (Wildman–Crippen LogP) is 3.80. The fourth-order valence-corrected chi connectivity index (χ4v) is 2.70. The first-order valence-electron chi connectivity index (χ1n) is 9.24. The maximum absolute atomic E-state index is 13.0. The van der Waals surface area contributed by atoms with Crippen molar-refractivity contribution < 1.29 is 13.9 Å². The van der Waals surface area contributed by atoms with E-state index >= 15 is 0 Å². The molecule has 1 N–H and O–H groups in total. The summed E-state index contributed by atoms with van der Waals surface area (Å²) in [5, 5.41) is 10.9. The second-order valence-electron chi connectivity index (χ2n) is 6.30. The summed E-state index contributed by atoms with van der Waals surface area (Å²) < 4.78 is 18.4. The molecule has 0 aliphatic heterocycles. The number of hydrogen-bond acceptors (Lipinski definition) is 4. The SMILES string of the molecule is O=C(CCCc1ccccc1)NCCOc1ccc(-c2ccc(F)cc2)nn1. The summed E-state index contributed by atoms with van der Waals surface area (Å²) in [4.78, 5) is 11.8. The second-order valence-corrected chi connectivity index (χ2v) is 6.30. The molecular formula is C22H22FN3O2. The maximum atomic E-state index is 13.0. The summed E-state index contributed by atoms with van der Waals surface area (Å²) in [5.74, 6) is 0.0974. The van der Waals surface area contributed by atoms with Crippen LogP contribution in [-0.2, 0) is 11.2 Å². The van der Waals surface area contributed by atoms with Crippen LogP contribution in [0.1, 0.15) is 18.4 Å². The van der Waals surface area contributed by atoms with Crippen LogP contribution in [0, 0.1) is 5.82 Å². The lowest BCUT2D eigenvalue weighted by atomic mass is 10.1. The molecule has 1 heterocycles. The van der Waals surface area contributed by atoms with Crippen LogP contribution in [0.15, 0.2) is 66.7 Å². The number of nitrogens with zero attached hydrogens (tertiary/aromatic N) is 2. The van der Waals surface area contributed by atoms with Crippen LogP contribution < -0.4 is 10.1 Å². The van der Waals surface area contributed by atoms with Crippen molar-refractivity contribution in [3.63, 3.8) is 0 Å². The highest BCUT2D eigenvalue weighted by atomic mass is 19.1. The van der Waals surface area contributed by atoms with Crippen LogP contribution in [0.4, 0.5) is 4.39 Å². The van der Waals surface area contributed by atoms with Gasteiger partial charge in [-0.25, -0.2) is 4.39 Å². The van der Waals surface area contributed by atoms with E-state index in [1.54, 1.807) is 24.3 Å². The zero-order valence-corrected chi connectivity index (χ0v) is 15.5. The molecule has 0 fully saturated rings. The summed E-state index contributed by atoms with van der Waals surface area (Å²) in [6.07, 6.45) is 2.19. The molecule has 0 spiro atoms. The van der Waals surface area contributed by atoms with Crippen molar-refractivity contribution in [2.75, 3.05) is 13.2 Å². The minimum absolute atomic E-state index is 0.0114. The van der Waals surface area contributed by atoms with E-state index in [9.17, 15) is 9.18 Å². The van der Waals surface area contributed by atoms with E-state index in [0.717, 1.165) is 18.4 Å². The molecule has 144 valence electrons. The lowest BCUT2D eigenvalue weighted by Crippen LogP contribution is -2.28. The Labute approximate surface area is 163 Å². The van der Waals surface area contributed by atoms with Gasteiger partial charge in [-0.05, 0) is 48.7 Å². The molecule has 0 radical (unpaired) electrons. The Morgan fingerprint density at radius 2 is 1.75 bits per heavy atom. The number of nitrogens with one attached hydrogen (secondary N) is 1. The Kier molecular flexibility index (Phi) is 7.07. The number of aryl methyl sites for hydroxylation is 1. The summed E-state index contributed by atoms with van der Waals surface area (Å²) in [6.45, 7) is 0.723. The van der Waals surface area contributed by atoms with Crippen LogP contribution in [0.3, 0.4) is 0 Å². The Bertz CT molecular complexity index is 869. The van der Waals surface area contributed by atoms with Gasteiger partial charge in [0.2, 0.25) is 11.8 Å². The van der Waals surface area contributed by atoms with Crippen LogP contribution in [0.2, 0.25) is 0 Å².